The number of aliphatic carboxylic acids is 1. The quantitative estimate of drug-likeness (QED) is 0.362. The van der Waals surface area contributed by atoms with E-state index in [1.54, 1.807) is 37.3 Å². The summed E-state index contributed by atoms with van der Waals surface area (Å²) in [7, 11) is 0. The van der Waals surface area contributed by atoms with Crippen LogP contribution in [0.3, 0.4) is 0 Å². The van der Waals surface area contributed by atoms with E-state index in [1.807, 2.05) is 12.1 Å². The topological polar surface area (TPSA) is 107 Å². The van der Waals surface area contributed by atoms with Gasteiger partial charge in [-0.2, -0.15) is 0 Å². The summed E-state index contributed by atoms with van der Waals surface area (Å²) in [5.41, 5.74) is -1.91. The maximum absolute atomic E-state index is 12.9. The van der Waals surface area contributed by atoms with Crippen molar-refractivity contribution >= 4 is 37.5 Å². The van der Waals surface area contributed by atoms with Crippen molar-refractivity contribution in [3.63, 3.8) is 0 Å². The van der Waals surface area contributed by atoms with E-state index in [2.05, 4.69) is 0 Å². The molecule has 0 radical (unpaired) electrons. The van der Waals surface area contributed by atoms with Crippen molar-refractivity contribution in [1.82, 2.24) is 4.90 Å². The van der Waals surface area contributed by atoms with E-state index >= 15 is 0 Å². The van der Waals surface area contributed by atoms with Crippen LogP contribution in [0.4, 0.5) is 0 Å². The molecule has 1 heterocycles. The first-order valence-corrected chi connectivity index (χ1v) is 10.1. The molecule has 7 nitrogen and oxygen atoms in total. The van der Waals surface area contributed by atoms with Crippen LogP contribution in [0.5, 0.6) is 5.75 Å². The molecule has 0 amide bonds. The maximum Gasteiger partial charge on any atom is 0.364 e. The lowest BCUT2D eigenvalue weighted by Gasteiger charge is -2.39. The number of aliphatic hydroxyl groups excluding tert-OH is 2. The molecule has 0 bridgehead atoms. The van der Waals surface area contributed by atoms with Gasteiger partial charge >= 0.3 is 5.97 Å². The smallest absolute Gasteiger partial charge is 0.364 e. The average molecular weight is 417 g/mol. The molecule has 0 aliphatic rings. The second-order valence-corrected chi connectivity index (χ2v) is 7.65. The van der Waals surface area contributed by atoms with E-state index in [1.165, 1.54) is 16.2 Å². The Kier molecular flexibility index (Phi) is 6.49. The van der Waals surface area contributed by atoms with Gasteiger partial charge < -0.3 is 20.1 Å². The Morgan fingerprint density at radius 1 is 1.07 bits per heavy atom. The molecule has 8 heteroatoms. The van der Waals surface area contributed by atoms with Crippen LogP contribution in [0.1, 0.15) is 13.3 Å². The van der Waals surface area contributed by atoms with Crippen LogP contribution < -0.4 is 10.2 Å². The zero-order chi connectivity index (χ0) is 21.0. The van der Waals surface area contributed by atoms with Gasteiger partial charge in [0.15, 0.2) is 5.43 Å². The number of hydrogen-bond acceptors (Lipinski definition) is 7. The number of carboxylic acids is 1. The molecule has 0 aliphatic carbocycles. The van der Waals surface area contributed by atoms with Gasteiger partial charge in [0.25, 0.3) is 5.72 Å². The van der Waals surface area contributed by atoms with Crippen LogP contribution in [0.2, 0.25) is 0 Å². The van der Waals surface area contributed by atoms with Gasteiger partial charge in [-0.15, -0.1) is 11.3 Å². The third kappa shape index (κ3) is 3.97. The van der Waals surface area contributed by atoms with Gasteiger partial charge in [0.1, 0.15) is 5.75 Å². The molecule has 0 spiro atoms. The molecule has 0 saturated carbocycles. The predicted molar refractivity (Wildman–Crippen MR) is 113 cm³/mol. The molecule has 3 N–H and O–H groups in total. The van der Waals surface area contributed by atoms with Crippen molar-refractivity contribution in [2.24, 2.45) is 0 Å². The Balaban J connectivity index is 2.10. The number of rotatable bonds is 9. The Bertz CT molecular complexity index is 1080. The van der Waals surface area contributed by atoms with Gasteiger partial charge in [-0.3, -0.25) is 9.69 Å². The van der Waals surface area contributed by atoms with Crippen LogP contribution in [0, 0.1) is 0 Å². The Morgan fingerprint density at radius 2 is 1.72 bits per heavy atom. The summed E-state index contributed by atoms with van der Waals surface area (Å²) in [5.74, 6) is -0.993. The summed E-state index contributed by atoms with van der Waals surface area (Å²) in [6.45, 7) is 1.14. The van der Waals surface area contributed by atoms with Crippen molar-refractivity contribution in [3.8, 4) is 5.75 Å². The number of fused-ring (bicyclic) bond motifs is 2. The normalized spacial score (nSPS) is 13.7. The predicted octanol–water partition coefficient (Wildman–Crippen LogP) is 2.27. The zero-order valence-electron chi connectivity index (χ0n) is 16.0. The van der Waals surface area contributed by atoms with Gasteiger partial charge in [0.05, 0.1) is 13.2 Å². The van der Waals surface area contributed by atoms with Crippen LogP contribution in [0.25, 0.3) is 20.2 Å². The molecule has 0 fully saturated rings. The number of hydrogen-bond donors (Lipinski definition) is 3. The Morgan fingerprint density at radius 3 is 2.34 bits per heavy atom. The molecule has 0 aliphatic heterocycles. The molecule has 154 valence electrons. The SMILES string of the molecule is CCC(Oc1ccc2sc3ccccc3c(=O)c2c1)(C(=O)O)N(CCO)CCO. The summed E-state index contributed by atoms with van der Waals surface area (Å²) in [6, 6.07) is 12.3. The van der Waals surface area contributed by atoms with Gasteiger partial charge in [0, 0.05) is 39.7 Å². The highest BCUT2D eigenvalue weighted by molar-refractivity contribution is 7.24. The van der Waals surface area contributed by atoms with Crippen molar-refractivity contribution in [3.05, 3.63) is 52.7 Å². The van der Waals surface area contributed by atoms with Crippen molar-refractivity contribution in [1.29, 1.82) is 0 Å². The molecule has 1 atom stereocenters. The molecule has 3 rings (SSSR count). The van der Waals surface area contributed by atoms with Crippen molar-refractivity contribution < 1.29 is 24.9 Å². The standard InChI is InChI=1S/C21H23NO6S/c1-2-21(20(26)27,22(9-11-23)10-12-24)28-14-7-8-18-16(13-14)19(25)15-5-3-4-6-17(15)29-18/h3-8,13,23-24H,2,9-12H2,1H3,(H,26,27). The summed E-state index contributed by atoms with van der Waals surface area (Å²) >= 11 is 1.48. The lowest BCUT2D eigenvalue weighted by molar-refractivity contribution is -0.178. The maximum atomic E-state index is 12.9. The summed E-state index contributed by atoms with van der Waals surface area (Å²) < 4.78 is 7.58. The number of nitrogens with zero attached hydrogens (tertiary/aromatic N) is 1. The lowest BCUT2D eigenvalue weighted by atomic mass is 10.1. The van der Waals surface area contributed by atoms with Crippen molar-refractivity contribution in [2.45, 2.75) is 19.1 Å². The highest BCUT2D eigenvalue weighted by Gasteiger charge is 2.45. The summed E-state index contributed by atoms with van der Waals surface area (Å²) in [4.78, 5) is 26.5. The Hall–Kier alpha value is -2.52. The minimum absolute atomic E-state index is 0.0216. The van der Waals surface area contributed by atoms with E-state index in [4.69, 9.17) is 4.74 Å². The third-order valence-corrected chi connectivity index (χ3v) is 6.05. The first-order chi connectivity index (χ1) is 14.0. The molecule has 1 aromatic heterocycles. The molecular formula is C21H23NO6S. The molecular weight excluding hydrogens is 394 g/mol. The monoisotopic (exact) mass is 417 g/mol. The van der Waals surface area contributed by atoms with E-state index < -0.39 is 11.7 Å². The van der Waals surface area contributed by atoms with Gasteiger partial charge in [-0.25, -0.2) is 4.79 Å². The van der Waals surface area contributed by atoms with Gasteiger partial charge in [-0.1, -0.05) is 19.1 Å². The highest BCUT2D eigenvalue weighted by Crippen LogP contribution is 2.31. The van der Waals surface area contributed by atoms with Crippen LogP contribution in [-0.2, 0) is 4.79 Å². The van der Waals surface area contributed by atoms with Crippen LogP contribution in [-0.4, -0.2) is 58.2 Å². The average Bonchev–Trinajstić information content (AvgIpc) is 2.72. The minimum atomic E-state index is -1.78. The third-order valence-electron chi connectivity index (χ3n) is 4.90. The van der Waals surface area contributed by atoms with E-state index in [0.29, 0.717) is 10.8 Å². The Labute approximate surface area is 171 Å². The molecule has 0 saturated heterocycles. The highest BCUT2D eigenvalue weighted by atomic mass is 32.1. The van der Waals surface area contributed by atoms with Crippen LogP contribution in [0.15, 0.2) is 47.3 Å². The molecule has 1 unspecified atom stereocenters. The fraction of sp³-hybridized carbons (Fsp3) is 0.333. The lowest BCUT2D eigenvalue weighted by Crippen LogP contribution is -2.60. The number of carboxylic acid groups (broad SMARTS) is 1. The molecule has 29 heavy (non-hydrogen) atoms. The summed E-state index contributed by atoms with van der Waals surface area (Å²) in [5, 5.41) is 29.7. The van der Waals surface area contributed by atoms with Crippen LogP contribution >= 0.6 is 11.3 Å². The number of aliphatic hydroxyl groups is 2. The van der Waals surface area contributed by atoms with E-state index in [0.717, 1.165) is 9.40 Å². The number of ether oxygens (including phenoxy) is 1. The van der Waals surface area contributed by atoms with E-state index in [-0.39, 0.29) is 43.9 Å². The first-order valence-electron chi connectivity index (χ1n) is 9.31. The number of benzene rings is 2. The fourth-order valence-corrected chi connectivity index (χ4v) is 4.50. The fourth-order valence-electron chi connectivity index (χ4n) is 3.45. The van der Waals surface area contributed by atoms with Gasteiger partial charge in [-0.05, 0) is 30.3 Å². The number of carbonyl (C=O) groups is 1. The largest absolute Gasteiger partial charge is 0.477 e. The second kappa shape index (κ2) is 8.87. The van der Waals surface area contributed by atoms with E-state index in [9.17, 15) is 24.9 Å². The second-order valence-electron chi connectivity index (χ2n) is 6.56. The molecule has 2 aromatic carbocycles. The molecule has 3 aromatic rings. The van der Waals surface area contributed by atoms with Gasteiger partial charge in [0.2, 0.25) is 0 Å². The minimum Gasteiger partial charge on any atom is -0.477 e. The summed E-state index contributed by atoms with van der Waals surface area (Å²) in [6.07, 6.45) is 0.0744. The zero-order valence-corrected chi connectivity index (χ0v) is 16.8. The van der Waals surface area contributed by atoms with Crippen molar-refractivity contribution in [2.75, 3.05) is 26.3 Å². The first kappa shape index (κ1) is 21.2.